The average molecular weight is 251 g/mol. The van der Waals surface area contributed by atoms with E-state index in [9.17, 15) is 0 Å². The molecule has 0 bridgehead atoms. The zero-order valence-electron chi connectivity index (χ0n) is 9.62. The van der Waals surface area contributed by atoms with E-state index in [1.807, 2.05) is 24.3 Å². The van der Waals surface area contributed by atoms with Crippen molar-refractivity contribution in [3.63, 3.8) is 0 Å². The molecule has 1 atom stereocenters. The van der Waals surface area contributed by atoms with E-state index >= 15 is 0 Å². The molecule has 2 nitrogen and oxygen atoms in total. The molecule has 0 radical (unpaired) electrons. The van der Waals surface area contributed by atoms with Crippen molar-refractivity contribution in [2.45, 2.75) is 32.2 Å². The molecule has 0 aromatic heterocycles. The van der Waals surface area contributed by atoms with Crippen molar-refractivity contribution in [1.29, 1.82) is 0 Å². The fourth-order valence-corrected chi connectivity index (χ4v) is 1.95. The molecular formula is C14H15ClO2. The van der Waals surface area contributed by atoms with Crippen LogP contribution in [0.2, 0.25) is 0 Å². The molecule has 0 aliphatic carbocycles. The Kier molecular flexibility index (Phi) is 4.88. The highest BCUT2D eigenvalue weighted by Crippen LogP contribution is 2.17. The molecule has 0 saturated carbocycles. The van der Waals surface area contributed by atoms with E-state index in [4.69, 9.17) is 21.1 Å². The van der Waals surface area contributed by atoms with E-state index < -0.39 is 0 Å². The normalized spacial score (nSPS) is 19.5. The van der Waals surface area contributed by atoms with E-state index in [0.717, 1.165) is 30.6 Å². The lowest BCUT2D eigenvalue weighted by Gasteiger charge is -2.22. The Morgan fingerprint density at radius 1 is 1.35 bits per heavy atom. The Morgan fingerprint density at radius 3 is 3.00 bits per heavy atom. The third-order valence-electron chi connectivity index (χ3n) is 2.76. The van der Waals surface area contributed by atoms with Crippen LogP contribution in [0.3, 0.4) is 0 Å². The van der Waals surface area contributed by atoms with Crippen LogP contribution in [0.15, 0.2) is 24.3 Å². The lowest BCUT2D eigenvalue weighted by molar-refractivity contribution is -0.168. The number of benzene rings is 1. The molecule has 90 valence electrons. The topological polar surface area (TPSA) is 18.5 Å². The average Bonchev–Trinajstić information content (AvgIpc) is 2.39. The second-order valence-electron chi connectivity index (χ2n) is 3.98. The van der Waals surface area contributed by atoms with Gasteiger partial charge in [0.2, 0.25) is 0 Å². The Morgan fingerprint density at radius 2 is 2.24 bits per heavy atom. The molecule has 2 rings (SSSR count). The first kappa shape index (κ1) is 12.4. The summed E-state index contributed by atoms with van der Waals surface area (Å²) in [5.74, 6) is 2.86. The zero-order chi connectivity index (χ0) is 11.9. The lowest BCUT2D eigenvalue weighted by atomic mass is 10.1. The second kappa shape index (κ2) is 6.66. The first-order valence-electron chi connectivity index (χ1n) is 5.83. The first-order valence-corrected chi connectivity index (χ1v) is 6.20. The summed E-state index contributed by atoms with van der Waals surface area (Å²) in [5.41, 5.74) is 1.97. The van der Waals surface area contributed by atoms with Gasteiger partial charge in [0.25, 0.3) is 0 Å². The third kappa shape index (κ3) is 3.74. The van der Waals surface area contributed by atoms with Gasteiger partial charge in [-0.05, 0) is 48.4 Å². The summed E-state index contributed by atoms with van der Waals surface area (Å²) in [4.78, 5) is 0. The first-order chi connectivity index (χ1) is 8.40. The molecule has 1 unspecified atom stereocenters. The fourth-order valence-electron chi connectivity index (χ4n) is 1.84. The van der Waals surface area contributed by atoms with Gasteiger partial charge in [-0.15, -0.1) is 0 Å². The minimum Gasteiger partial charge on any atom is -0.353 e. The van der Waals surface area contributed by atoms with Crippen molar-refractivity contribution in [3.8, 4) is 11.3 Å². The van der Waals surface area contributed by atoms with Crippen molar-refractivity contribution >= 4 is 11.6 Å². The van der Waals surface area contributed by atoms with Crippen molar-refractivity contribution in [1.82, 2.24) is 0 Å². The predicted molar refractivity (Wildman–Crippen MR) is 67.6 cm³/mol. The summed E-state index contributed by atoms with van der Waals surface area (Å²) in [5, 5.41) is 2.40. The highest BCUT2D eigenvalue weighted by atomic mass is 35.5. The molecule has 1 aromatic carbocycles. The summed E-state index contributed by atoms with van der Waals surface area (Å²) in [6.07, 6.45) is 3.21. The number of halogens is 1. The minimum absolute atomic E-state index is 0.0687. The quantitative estimate of drug-likeness (QED) is 0.767. The standard InChI is InChI=1S/C14H15ClO2/c15-9-8-12-5-1-2-6-13(12)11-17-14-7-3-4-10-16-14/h1-2,5-6,14H,3-4,7,10-11H2. The van der Waals surface area contributed by atoms with Gasteiger partial charge >= 0.3 is 0 Å². The molecule has 1 aromatic rings. The molecule has 1 fully saturated rings. The van der Waals surface area contributed by atoms with Gasteiger partial charge in [0.05, 0.1) is 6.61 Å². The van der Waals surface area contributed by atoms with Crippen LogP contribution in [-0.4, -0.2) is 12.9 Å². The van der Waals surface area contributed by atoms with Gasteiger partial charge in [0.15, 0.2) is 6.29 Å². The molecule has 1 aliphatic heterocycles. The third-order valence-corrected chi connectivity index (χ3v) is 2.86. The van der Waals surface area contributed by atoms with Crippen LogP contribution >= 0.6 is 11.6 Å². The molecule has 3 heteroatoms. The summed E-state index contributed by atoms with van der Waals surface area (Å²) in [6, 6.07) is 7.85. The fraction of sp³-hybridized carbons (Fsp3) is 0.429. The summed E-state index contributed by atoms with van der Waals surface area (Å²) in [7, 11) is 0. The van der Waals surface area contributed by atoms with Crippen LogP contribution < -0.4 is 0 Å². The maximum atomic E-state index is 5.72. The lowest BCUT2D eigenvalue weighted by Crippen LogP contribution is -2.22. The van der Waals surface area contributed by atoms with Gasteiger partial charge < -0.3 is 9.47 Å². The summed E-state index contributed by atoms with van der Waals surface area (Å²) in [6.45, 7) is 1.32. The SMILES string of the molecule is ClC#Cc1ccccc1COC1CCCCO1. The molecular weight excluding hydrogens is 236 g/mol. The van der Waals surface area contributed by atoms with Crippen molar-refractivity contribution in [3.05, 3.63) is 35.4 Å². The predicted octanol–water partition coefficient (Wildman–Crippen LogP) is 3.28. The van der Waals surface area contributed by atoms with Crippen LogP contribution in [0, 0.1) is 11.3 Å². The van der Waals surface area contributed by atoms with Gasteiger partial charge in [-0.1, -0.05) is 18.2 Å². The number of hydrogen-bond acceptors (Lipinski definition) is 2. The highest BCUT2D eigenvalue weighted by Gasteiger charge is 2.14. The van der Waals surface area contributed by atoms with E-state index in [2.05, 4.69) is 11.3 Å². The monoisotopic (exact) mass is 250 g/mol. The Bertz CT molecular complexity index is 414. The van der Waals surface area contributed by atoms with Gasteiger partial charge in [-0.2, -0.15) is 0 Å². The highest BCUT2D eigenvalue weighted by molar-refractivity contribution is 6.30. The molecule has 17 heavy (non-hydrogen) atoms. The number of hydrogen-bond donors (Lipinski definition) is 0. The van der Waals surface area contributed by atoms with Crippen LogP contribution in [0.25, 0.3) is 0 Å². The second-order valence-corrected chi connectivity index (χ2v) is 4.17. The van der Waals surface area contributed by atoms with Crippen LogP contribution in [0.1, 0.15) is 30.4 Å². The molecule has 1 aliphatic rings. The Hall–Kier alpha value is -1.01. The molecule has 0 spiro atoms. The smallest absolute Gasteiger partial charge is 0.158 e. The van der Waals surface area contributed by atoms with E-state index in [1.54, 1.807) is 0 Å². The van der Waals surface area contributed by atoms with E-state index in [0.29, 0.717) is 6.61 Å². The maximum absolute atomic E-state index is 5.72. The zero-order valence-corrected chi connectivity index (χ0v) is 10.4. The Labute approximate surface area is 107 Å². The van der Waals surface area contributed by atoms with Gasteiger partial charge in [0.1, 0.15) is 0 Å². The van der Waals surface area contributed by atoms with Crippen molar-refractivity contribution < 1.29 is 9.47 Å². The van der Waals surface area contributed by atoms with Crippen LogP contribution in [-0.2, 0) is 16.1 Å². The van der Waals surface area contributed by atoms with E-state index in [-0.39, 0.29) is 6.29 Å². The van der Waals surface area contributed by atoms with Crippen molar-refractivity contribution in [2.24, 2.45) is 0 Å². The number of ether oxygens (including phenoxy) is 2. The number of rotatable bonds is 3. The largest absolute Gasteiger partial charge is 0.353 e. The molecule has 0 amide bonds. The molecule has 0 N–H and O–H groups in total. The molecule has 1 saturated heterocycles. The Balaban J connectivity index is 1.95. The summed E-state index contributed by atoms with van der Waals surface area (Å²) >= 11 is 5.43. The van der Waals surface area contributed by atoms with Gasteiger partial charge in [-0.3, -0.25) is 0 Å². The van der Waals surface area contributed by atoms with Crippen LogP contribution in [0.5, 0.6) is 0 Å². The maximum Gasteiger partial charge on any atom is 0.158 e. The van der Waals surface area contributed by atoms with Gasteiger partial charge in [0, 0.05) is 17.5 Å². The van der Waals surface area contributed by atoms with Crippen LogP contribution in [0.4, 0.5) is 0 Å². The van der Waals surface area contributed by atoms with E-state index in [1.165, 1.54) is 6.42 Å². The van der Waals surface area contributed by atoms with Gasteiger partial charge in [-0.25, -0.2) is 0 Å². The minimum atomic E-state index is -0.0687. The summed E-state index contributed by atoms with van der Waals surface area (Å²) < 4.78 is 11.2. The molecule has 1 heterocycles. The van der Waals surface area contributed by atoms with Crippen molar-refractivity contribution in [2.75, 3.05) is 6.61 Å².